The van der Waals surface area contributed by atoms with Crippen molar-refractivity contribution in [3.63, 3.8) is 0 Å². The third-order valence-electron chi connectivity index (χ3n) is 5.87. The first kappa shape index (κ1) is 25.7. The molecule has 1 aromatic heterocycles. The molecule has 0 aliphatic carbocycles. The Bertz CT molecular complexity index is 1540. The van der Waals surface area contributed by atoms with Crippen LogP contribution < -0.4 is 10.1 Å². The van der Waals surface area contributed by atoms with Crippen molar-refractivity contribution in [2.24, 2.45) is 0 Å². The van der Waals surface area contributed by atoms with Gasteiger partial charge < -0.3 is 14.6 Å². The standard InChI is InChI=1S/C27H28ClN3O4S/c1-5-25-30-24-13-17(2)12-18(3)26(24)31(25)15-19-6-10-22(11-7-19)35-16-20-8-9-21(14-23(20)28)29-27(32)36(4,33)34/h6-14H,5,15-16H2,1-4H3,(H,29,32). The van der Waals surface area contributed by atoms with Crippen LogP contribution in [0.25, 0.3) is 11.0 Å². The Hall–Kier alpha value is -3.36. The number of sulfone groups is 1. The molecule has 36 heavy (non-hydrogen) atoms. The second-order valence-electron chi connectivity index (χ2n) is 8.84. The van der Waals surface area contributed by atoms with Gasteiger partial charge in [0, 0.05) is 35.5 Å². The van der Waals surface area contributed by atoms with Gasteiger partial charge in [0.1, 0.15) is 18.2 Å². The average Bonchev–Trinajstić information content (AvgIpc) is 3.16. The van der Waals surface area contributed by atoms with Gasteiger partial charge in [-0.3, -0.25) is 4.79 Å². The van der Waals surface area contributed by atoms with Crippen LogP contribution in [0.15, 0.2) is 54.6 Å². The highest BCUT2D eigenvalue weighted by Crippen LogP contribution is 2.26. The normalized spacial score (nSPS) is 11.6. The Labute approximate surface area is 216 Å². The molecule has 0 atom stereocenters. The van der Waals surface area contributed by atoms with E-state index in [-0.39, 0.29) is 6.61 Å². The fourth-order valence-electron chi connectivity index (χ4n) is 4.13. The molecule has 1 amide bonds. The second kappa shape index (κ2) is 10.3. The Morgan fingerprint density at radius 3 is 2.44 bits per heavy atom. The third-order valence-corrected chi connectivity index (χ3v) is 6.99. The van der Waals surface area contributed by atoms with Gasteiger partial charge in [0.05, 0.1) is 11.0 Å². The number of carbonyl (C=O) groups is 1. The van der Waals surface area contributed by atoms with Gasteiger partial charge in [0.15, 0.2) is 0 Å². The van der Waals surface area contributed by atoms with Crippen LogP contribution in [0, 0.1) is 13.8 Å². The number of nitrogens with one attached hydrogen (secondary N) is 1. The Balaban J connectivity index is 1.44. The lowest BCUT2D eigenvalue weighted by Gasteiger charge is -2.12. The molecule has 188 valence electrons. The van der Waals surface area contributed by atoms with E-state index in [0.717, 1.165) is 36.1 Å². The summed E-state index contributed by atoms with van der Waals surface area (Å²) in [4.78, 5) is 16.5. The highest BCUT2D eigenvalue weighted by atomic mass is 35.5. The van der Waals surface area contributed by atoms with Crippen molar-refractivity contribution in [2.45, 2.75) is 40.3 Å². The van der Waals surface area contributed by atoms with Gasteiger partial charge >= 0.3 is 5.24 Å². The number of ether oxygens (including phenoxy) is 1. The molecule has 0 aliphatic heterocycles. The first-order valence-corrected chi connectivity index (χ1v) is 13.8. The lowest BCUT2D eigenvalue weighted by molar-refractivity contribution is 0.268. The molecule has 4 aromatic rings. The number of hydrogen-bond donors (Lipinski definition) is 1. The van der Waals surface area contributed by atoms with E-state index in [4.69, 9.17) is 21.3 Å². The number of fused-ring (bicyclic) bond motifs is 1. The summed E-state index contributed by atoms with van der Waals surface area (Å²) in [6, 6.07) is 17.0. The average molecular weight is 526 g/mol. The number of aryl methyl sites for hydroxylation is 3. The molecule has 0 aliphatic rings. The summed E-state index contributed by atoms with van der Waals surface area (Å²) >= 11 is 6.31. The lowest BCUT2D eigenvalue weighted by atomic mass is 10.1. The summed E-state index contributed by atoms with van der Waals surface area (Å²) in [5.74, 6) is 1.76. The molecule has 4 rings (SSSR count). The van der Waals surface area contributed by atoms with Crippen LogP contribution in [0.5, 0.6) is 5.75 Å². The number of rotatable bonds is 7. The maximum atomic E-state index is 11.6. The number of aromatic nitrogens is 2. The minimum absolute atomic E-state index is 0.225. The van der Waals surface area contributed by atoms with Gasteiger partial charge in [-0.2, -0.15) is 0 Å². The molecule has 0 bridgehead atoms. The number of nitrogens with zero attached hydrogens (tertiary/aromatic N) is 2. The summed E-state index contributed by atoms with van der Waals surface area (Å²) < 4.78 is 30.8. The number of imidazole rings is 1. The zero-order valence-corrected chi connectivity index (χ0v) is 22.2. The molecule has 0 fully saturated rings. The number of benzene rings is 3. The molecule has 0 radical (unpaired) electrons. The van der Waals surface area contributed by atoms with Crippen molar-refractivity contribution in [1.29, 1.82) is 0 Å². The quantitative estimate of drug-likeness (QED) is 0.316. The van der Waals surface area contributed by atoms with E-state index in [9.17, 15) is 13.2 Å². The van der Waals surface area contributed by atoms with Crippen LogP contribution in [-0.2, 0) is 29.4 Å². The summed E-state index contributed by atoms with van der Waals surface area (Å²) in [5.41, 5.74) is 6.78. The Kier molecular flexibility index (Phi) is 7.38. The zero-order chi connectivity index (χ0) is 26.0. The van der Waals surface area contributed by atoms with Crippen LogP contribution in [0.3, 0.4) is 0 Å². The van der Waals surface area contributed by atoms with Crippen molar-refractivity contribution in [1.82, 2.24) is 9.55 Å². The maximum absolute atomic E-state index is 11.6. The summed E-state index contributed by atoms with van der Waals surface area (Å²) in [6.45, 7) is 7.28. The van der Waals surface area contributed by atoms with E-state index in [1.807, 2.05) is 24.3 Å². The highest BCUT2D eigenvalue weighted by Gasteiger charge is 2.16. The van der Waals surface area contributed by atoms with Crippen LogP contribution in [-0.4, -0.2) is 29.5 Å². The van der Waals surface area contributed by atoms with Crippen LogP contribution in [0.1, 0.15) is 35.0 Å². The van der Waals surface area contributed by atoms with Crippen LogP contribution >= 0.6 is 11.6 Å². The van der Waals surface area contributed by atoms with Crippen LogP contribution in [0.4, 0.5) is 10.5 Å². The maximum Gasteiger partial charge on any atom is 0.340 e. The molecular weight excluding hydrogens is 498 g/mol. The topological polar surface area (TPSA) is 90.3 Å². The molecule has 0 saturated heterocycles. The molecule has 9 heteroatoms. The van der Waals surface area contributed by atoms with Gasteiger partial charge in [0.2, 0.25) is 9.84 Å². The van der Waals surface area contributed by atoms with Crippen molar-refractivity contribution < 1.29 is 17.9 Å². The van der Waals surface area contributed by atoms with Gasteiger partial charge in [-0.1, -0.05) is 42.8 Å². The number of amides is 1. The van der Waals surface area contributed by atoms with E-state index in [1.165, 1.54) is 22.7 Å². The van der Waals surface area contributed by atoms with E-state index in [0.29, 0.717) is 22.0 Å². The molecule has 0 saturated carbocycles. The number of anilines is 1. The number of halogens is 1. The van der Waals surface area contributed by atoms with E-state index >= 15 is 0 Å². The number of hydrogen-bond acceptors (Lipinski definition) is 5. The van der Waals surface area contributed by atoms with Crippen molar-refractivity contribution in [3.8, 4) is 5.75 Å². The summed E-state index contributed by atoms with van der Waals surface area (Å²) in [5, 5.41) is 1.60. The van der Waals surface area contributed by atoms with E-state index in [1.54, 1.807) is 12.1 Å². The highest BCUT2D eigenvalue weighted by molar-refractivity contribution is 8.05. The molecule has 3 aromatic carbocycles. The fourth-order valence-corrected chi connectivity index (χ4v) is 4.67. The third kappa shape index (κ3) is 5.71. The van der Waals surface area contributed by atoms with Crippen LogP contribution in [0.2, 0.25) is 5.02 Å². The minimum Gasteiger partial charge on any atom is -0.489 e. The molecule has 1 N–H and O–H groups in total. The van der Waals surface area contributed by atoms with Gasteiger partial charge in [-0.15, -0.1) is 0 Å². The van der Waals surface area contributed by atoms with Crippen molar-refractivity contribution in [3.05, 3.63) is 87.7 Å². The van der Waals surface area contributed by atoms with Crippen molar-refractivity contribution in [2.75, 3.05) is 11.6 Å². The molecular formula is C27H28ClN3O4S. The molecule has 7 nitrogen and oxygen atoms in total. The molecule has 1 heterocycles. The first-order valence-electron chi connectivity index (χ1n) is 11.5. The lowest BCUT2D eigenvalue weighted by Crippen LogP contribution is -2.19. The first-order chi connectivity index (χ1) is 17.0. The number of carbonyl (C=O) groups excluding carboxylic acids is 1. The Morgan fingerprint density at radius 2 is 1.81 bits per heavy atom. The van der Waals surface area contributed by atoms with Gasteiger partial charge in [-0.05, 0) is 60.9 Å². The fraction of sp³-hybridized carbons (Fsp3) is 0.259. The SMILES string of the molecule is CCc1nc2cc(C)cc(C)c2n1Cc1ccc(OCc2ccc(NC(=O)S(C)(=O)=O)cc2Cl)cc1. The van der Waals surface area contributed by atoms with E-state index < -0.39 is 15.1 Å². The summed E-state index contributed by atoms with van der Waals surface area (Å²) in [7, 11) is -3.83. The monoisotopic (exact) mass is 525 g/mol. The zero-order valence-electron chi connectivity index (χ0n) is 20.6. The van der Waals surface area contributed by atoms with Gasteiger partial charge in [-0.25, -0.2) is 13.4 Å². The largest absolute Gasteiger partial charge is 0.489 e. The predicted molar refractivity (Wildman–Crippen MR) is 144 cm³/mol. The van der Waals surface area contributed by atoms with Crippen molar-refractivity contribution >= 4 is 43.4 Å². The Morgan fingerprint density at radius 1 is 1.08 bits per heavy atom. The second-order valence-corrected chi connectivity index (χ2v) is 11.2. The van der Waals surface area contributed by atoms with Gasteiger partial charge in [0.25, 0.3) is 0 Å². The smallest absolute Gasteiger partial charge is 0.340 e. The van der Waals surface area contributed by atoms with E-state index in [2.05, 4.69) is 42.8 Å². The minimum atomic E-state index is -3.83. The molecule has 0 unspecified atom stereocenters. The predicted octanol–water partition coefficient (Wildman–Crippen LogP) is 6.07. The molecule has 0 spiro atoms. The summed E-state index contributed by atoms with van der Waals surface area (Å²) in [6.07, 6.45) is 1.70.